The second kappa shape index (κ2) is 53.0. The van der Waals surface area contributed by atoms with Crippen LogP contribution in [-0.4, -0.2) is 193 Å². The number of hydrogen-bond donors (Lipinski definition) is 12. The van der Waals surface area contributed by atoms with Crippen molar-refractivity contribution in [3.63, 3.8) is 0 Å². The number of nitrogens with one attached hydrogen (secondary N) is 1. The van der Waals surface area contributed by atoms with Crippen molar-refractivity contribution in [2.24, 2.45) is 0 Å². The van der Waals surface area contributed by atoms with E-state index in [0.717, 1.165) is 77.0 Å². The zero-order chi connectivity index (χ0) is 65.4. The lowest BCUT2D eigenvalue weighted by molar-refractivity contribution is -0.379. The highest BCUT2D eigenvalue weighted by atomic mass is 16.8. The first-order valence-corrected chi connectivity index (χ1v) is 35.9. The van der Waals surface area contributed by atoms with Gasteiger partial charge in [0.25, 0.3) is 0 Å². The number of aliphatic hydroxyl groups is 11. The largest absolute Gasteiger partial charge is 0.394 e. The molecule has 0 bridgehead atoms. The van der Waals surface area contributed by atoms with Gasteiger partial charge in [0.1, 0.15) is 73.2 Å². The van der Waals surface area contributed by atoms with E-state index in [1.54, 1.807) is 0 Å². The Bertz CT molecular complexity index is 1820. The normalized spacial score (nSPS) is 28.3. The number of aliphatic hydroxyl groups excluding tert-OH is 11. The minimum atomic E-state index is -1.97. The lowest BCUT2D eigenvalue weighted by Gasteiger charge is -2.48. The summed E-state index contributed by atoms with van der Waals surface area (Å²) in [4.78, 5) is 13.4. The third-order valence-electron chi connectivity index (χ3n) is 17.9. The molecule has 3 aliphatic rings. The van der Waals surface area contributed by atoms with Gasteiger partial charge >= 0.3 is 0 Å². The quantitative estimate of drug-likeness (QED) is 0.0199. The molecule has 0 aliphatic carbocycles. The summed E-state index contributed by atoms with van der Waals surface area (Å²) in [6.45, 7) is 1.71. The molecular formula is C71H129NO18. The molecule has 0 aromatic heterocycles. The number of carbonyl (C=O) groups is 1. The van der Waals surface area contributed by atoms with Crippen molar-refractivity contribution in [1.29, 1.82) is 0 Å². The molecule has 3 fully saturated rings. The third kappa shape index (κ3) is 34.4. The monoisotopic (exact) mass is 1280 g/mol. The predicted octanol–water partition coefficient (Wildman–Crippen LogP) is 9.78. The van der Waals surface area contributed by atoms with Gasteiger partial charge in [-0.05, 0) is 51.4 Å². The first kappa shape index (κ1) is 82.0. The highest BCUT2D eigenvalue weighted by molar-refractivity contribution is 5.76. The Morgan fingerprint density at radius 3 is 1.20 bits per heavy atom. The molecule has 0 aromatic carbocycles. The fraction of sp³-hybridized carbons (Fsp3) is 0.873. The van der Waals surface area contributed by atoms with Crippen molar-refractivity contribution >= 4 is 5.91 Å². The molecule has 0 aromatic rings. The van der Waals surface area contributed by atoms with Crippen LogP contribution < -0.4 is 5.32 Å². The van der Waals surface area contributed by atoms with Crippen molar-refractivity contribution < 1.29 is 89.4 Å². The topological polar surface area (TPSA) is 307 Å². The molecule has 12 N–H and O–H groups in total. The van der Waals surface area contributed by atoms with Crippen LogP contribution in [0.2, 0.25) is 0 Å². The van der Waals surface area contributed by atoms with Crippen LogP contribution in [0.1, 0.15) is 264 Å². The van der Waals surface area contributed by atoms with Gasteiger partial charge in [0.05, 0.1) is 38.6 Å². The van der Waals surface area contributed by atoms with E-state index in [1.165, 1.54) is 154 Å². The molecule has 0 radical (unpaired) electrons. The number of carbonyl (C=O) groups excluding carboxylic acids is 1. The Labute approximate surface area is 542 Å². The average molecular weight is 1280 g/mol. The van der Waals surface area contributed by atoms with Crippen LogP contribution in [0.15, 0.2) is 48.6 Å². The van der Waals surface area contributed by atoms with Gasteiger partial charge in [0, 0.05) is 6.42 Å². The molecule has 17 atom stereocenters. The van der Waals surface area contributed by atoms with Crippen molar-refractivity contribution in [3.8, 4) is 0 Å². The number of unbranched alkanes of at least 4 members (excludes halogenated alkanes) is 31. The Morgan fingerprint density at radius 1 is 0.411 bits per heavy atom. The van der Waals surface area contributed by atoms with E-state index in [-0.39, 0.29) is 18.9 Å². The van der Waals surface area contributed by atoms with Gasteiger partial charge in [-0.1, -0.05) is 255 Å². The summed E-state index contributed by atoms with van der Waals surface area (Å²) in [6.07, 6.45) is 36.1. The number of hydrogen-bond acceptors (Lipinski definition) is 18. The lowest BCUT2D eigenvalue weighted by atomic mass is 9.96. The highest BCUT2D eigenvalue weighted by Gasteiger charge is 2.53. The number of allylic oxidation sites excluding steroid dienone is 8. The van der Waals surface area contributed by atoms with Crippen LogP contribution in [0.25, 0.3) is 0 Å². The maximum atomic E-state index is 13.4. The Morgan fingerprint density at radius 2 is 0.767 bits per heavy atom. The Hall–Kier alpha value is -2.25. The summed E-state index contributed by atoms with van der Waals surface area (Å²) in [5, 5.41) is 121. The predicted molar refractivity (Wildman–Crippen MR) is 351 cm³/mol. The summed E-state index contributed by atoms with van der Waals surface area (Å²) in [6, 6.07) is -0.890. The van der Waals surface area contributed by atoms with E-state index in [9.17, 15) is 61.0 Å². The minimum Gasteiger partial charge on any atom is -0.394 e. The number of rotatable bonds is 55. The van der Waals surface area contributed by atoms with Crippen molar-refractivity contribution in [3.05, 3.63) is 48.6 Å². The summed E-state index contributed by atoms with van der Waals surface area (Å²) in [7, 11) is 0. The van der Waals surface area contributed by atoms with Crippen molar-refractivity contribution in [2.75, 3.05) is 26.4 Å². The molecule has 0 spiro atoms. The first-order chi connectivity index (χ1) is 43.8. The second-order valence-electron chi connectivity index (χ2n) is 25.7. The molecule has 3 heterocycles. The molecule has 0 saturated carbocycles. The van der Waals surface area contributed by atoms with E-state index >= 15 is 0 Å². The van der Waals surface area contributed by atoms with E-state index < -0.39 is 124 Å². The van der Waals surface area contributed by atoms with Gasteiger partial charge in [-0.15, -0.1) is 0 Å². The van der Waals surface area contributed by atoms with Gasteiger partial charge in [0.2, 0.25) is 5.91 Å². The molecule has 3 saturated heterocycles. The molecule has 90 heavy (non-hydrogen) atoms. The van der Waals surface area contributed by atoms with Gasteiger partial charge in [0.15, 0.2) is 18.9 Å². The van der Waals surface area contributed by atoms with Gasteiger partial charge in [-0.2, -0.15) is 0 Å². The molecule has 19 nitrogen and oxygen atoms in total. The van der Waals surface area contributed by atoms with Gasteiger partial charge in [-0.25, -0.2) is 0 Å². The maximum absolute atomic E-state index is 13.4. The van der Waals surface area contributed by atoms with Crippen LogP contribution in [-0.2, 0) is 33.2 Å². The van der Waals surface area contributed by atoms with E-state index in [4.69, 9.17) is 28.4 Å². The smallest absolute Gasteiger partial charge is 0.220 e. The van der Waals surface area contributed by atoms with E-state index in [0.29, 0.717) is 12.8 Å². The first-order valence-electron chi connectivity index (χ1n) is 35.9. The van der Waals surface area contributed by atoms with Gasteiger partial charge in [-0.3, -0.25) is 4.79 Å². The molecule has 1 amide bonds. The summed E-state index contributed by atoms with van der Waals surface area (Å²) < 4.78 is 34.4. The van der Waals surface area contributed by atoms with Crippen LogP contribution in [0.3, 0.4) is 0 Å². The van der Waals surface area contributed by atoms with Crippen molar-refractivity contribution in [1.82, 2.24) is 5.32 Å². The van der Waals surface area contributed by atoms with Crippen LogP contribution in [0.5, 0.6) is 0 Å². The molecular weight excluding hydrogens is 1150 g/mol. The number of amides is 1. The summed E-state index contributed by atoms with van der Waals surface area (Å²) >= 11 is 0. The Kier molecular flexibility index (Phi) is 48.2. The Balaban J connectivity index is 1.42. The van der Waals surface area contributed by atoms with Crippen LogP contribution in [0, 0.1) is 0 Å². The minimum absolute atomic E-state index is 0.244. The highest BCUT2D eigenvalue weighted by Crippen LogP contribution is 2.33. The fourth-order valence-corrected chi connectivity index (χ4v) is 12.1. The SMILES string of the molecule is CC/C=C\C/C=C\C/C=C\C/C=C\CCCCCCCCCCCCCCC(=O)NC(COC1OC(CO)C(OC2OC(CO)C(OC3OC(CO)C(O)C(O)C3O)C(O)C2O)C(O)C1O)C(O)CCCCCCCCCCCCCCCCCCCCCC. The third-order valence-corrected chi connectivity index (χ3v) is 17.9. The zero-order valence-corrected chi connectivity index (χ0v) is 55.6. The van der Waals surface area contributed by atoms with E-state index in [2.05, 4.69) is 67.8 Å². The molecule has 19 heteroatoms. The standard InChI is InChI=1S/C71H129NO18/c1-3-5-7-9-11-13-15-17-19-21-23-25-26-27-28-29-31-33-35-37-39-41-43-45-47-49-59(77)72-54(55(76)48-46-44-42-40-38-36-34-32-30-24-22-20-18-16-14-12-10-8-6-4-2)53-85-69-65(83)62(80)67(57(51-74)87-69)90-71-66(84)63(81)68(58(52-75)88-71)89-70-64(82)61(79)60(78)56(50-73)86-70/h5,7,11,13,17,19,23,25,54-58,60-71,73-76,78-84H,3-4,6,8-10,12,14-16,18,20-22,24,26-53H2,1-2H3,(H,72,77)/b7-5-,13-11-,19-17-,25-23-. The fourth-order valence-electron chi connectivity index (χ4n) is 12.1. The molecule has 526 valence electrons. The maximum Gasteiger partial charge on any atom is 0.220 e. The van der Waals surface area contributed by atoms with Crippen LogP contribution in [0.4, 0.5) is 0 Å². The van der Waals surface area contributed by atoms with Crippen LogP contribution >= 0.6 is 0 Å². The lowest BCUT2D eigenvalue weighted by Crippen LogP contribution is -2.66. The zero-order valence-electron chi connectivity index (χ0n) is 55.6. The molecule has 3 aliphatic heterocycles. The summed E-state index contributed by atoms with van der Waals surface area (Å²) in [5.74, 6) is -0.244. The van der Waals surface area contributed by atoms with Crippen molar-refractivity contribution in [2.45, 2.75) is 369 Å². The van der Waals surface area contributed by atoms with E-state index in [1.807, 2.05) is 0 Å². The summed E-state index contributed by atoms with van der Waals surface area (Å²) in [5.41, 5.74) is 0. The molecule has 17 unspecified atom stereocenters. The average Bonchev–Trinajstić information content (AvgIpc) is 0.847. The second-order valence-corrected chi connectivity index (χ2v) is 25.7. The molecule has 3 rings (SSSR count). The van der Waals surface area contributed by atoms with Gasteiger partial charge < -0.3 is 89.9 Å². The number of ether oxygens (including phenoxy) is 6.